The van der Waals surface area contributed by atoms with Gasteiger partial charge in [0.25, 0.3) is 5.91 Å². The van der Waals surface area contributed by atoms with E-state index in [4.69, 9.17) is 9.15 Å². The predicted octanol–water partition coefficient (Wildman–Crippen LogP) is 3.86. The van der Waals surface area contributed by atoms with E-state index in [2.05, 4.69) is 5.32 Å². The van der Waals surface area contributed by atoms with Crippen molar-refractivity contribution in [3.05, 3.63) is 71.5 Å². The molecule has 0 bridgehead atoms. The molecule has 0 saturated heterocycles. The van der Waals surface area contributed by atoms with Crippen molar-refractivity contribution in [1.29, 1.82) is 0 Å². The number of rotatable bonds is 5. The highest BCUT2D eigenvalue weighted by Gasteiger charge is 2.16. The summed E-state index contributed by atoms with van der Waals surface area (Å²) in [5.74, 6) is 0.0719. The number of methoxy groups -OCH3 is 1. The largest absolute Gasteiger partial charge is 0.451 e. The minimum atomic E-state index is -0.239. The van der Waals surface area contributed by atoms with Gasteiger partial charge in [0, 0.05) is 19.0 Å². The van der Waals surface area contributed by atoms with Crippen LogP contribution in [-0.4, -0.2) is 19.6 Å². The Morgan fingerprint density at radius 3 is 2.65 bits per heavy atom. The zero-order valence-electron chi connectivity index (χ0n) is 13.2. The van der Waals surface area contributed by atoms with E-state index in [0.29, 0.717) is 17.9 Å². The summed E-state index contributed by atoms with van der Waals surface area (Å²) >= 11 is 0. The first kappa shape index (κ1) is 15.3. The SMILES string of the molecule is COC(CNC(=O)c1cc2ccccc2o1)c1ccccc1C. The first-order valence-corrected chi connectivity index (χ1v) is 7.54. The second-order valence-corrected chi connectivity index (χ2v) is 5.44. The fraction of sp³-hybridized carbons (Fsp3) is 0.211. The summed E-state index contributed by atoms with van der Waals surface area (Å²) in [7, 11) is 1.64. The molecule has 0 fully saturated rings. The van der Waals surface area contributed by atoms with Gasteiger partial charge < -0.3 is 14.5 Å². The molecule has 3 rings (SSSR count). The van der Waals surface area contributed by atoms with Crippen LogP contribution < -0.4 is 5.32 Å². The van der Waals surface area contributed by atoms with Gasteiger partial charge in [0.1, 0.15) is 5.58 Å². The quantitative estimate of drug-likeness (QED) is 0.778. The molecule has 1 unspecified atom stereocenters. The fourth-order valence-corrected chi connectivity index (χ4v) is 2.63. The summed E-state index contributed by atoms with van der Waals surface area (Å²) in [4.78, 5) is 12.3. The molecule has 3 aromatic rings. The number of ether oxygens (including phenoxy) is 1. The van der Waals surface area contributed by atoms with E-state index in [1.165, 1.54) is 0 Å². The van der Waals surface area contributed by atoms with Gasteiger partial charge in [-0.1, -0.05) is 42.5 Å². The van der Waals surface area contributed by atoms with Crippen molar-refractivity contribution in [2.24, 2.45) is 0 Å². The molecule has 2 aromatic carbocycles. The van der Waals surface area contributed by atoms with Crippen molar-refractivity contribution >= 4 is 16.9 Å². The van der Waals surface area contributed by atoms with Gasteiger partial charge in [-0.15, -0.1) is 0 Å². The maximum Gasteiger partial charge on any atom is 0.287 e. The van der Waals surface area contributed by atoms with E-state index in [0.717, 1.165) is 16.5 Å². The first-order chi connectivity index (χ1) is 11.2. The van der Waals surface area contributed by atoms with Crippen LogP contribution in [0.2, 0.25) is 0 Å². The summed E-state index contributed by atoms with van der Waals surface area (Å²) in [6, 6.07) is 17.3. The Morgan fingerprint density at radius 2 is 1.91 bits per heavy atom. The highest BCUT2D eigenvalue weighted by atomic mass is 16.5. The monoisotopic (exact) mass is 309 g/mol. The summed E-state index contributed by atoms with van der Waals surface area (Å²) in [6.45, 7) is 2.42. The molecular weight excluding hydrogens is 290 g/mol. The number of carbonyl (C=O) groups is 1. The number of aryl methyl sites for hydroxylation is 1. The van der Waals surface area contributed by atoms with Crippen molar-refractivity contribution in [2.75, 3.05) is 13.7 Å². The number of nitrogens with one attached hydrogen (secondary N) is 1. The Balaban J connectivity index is 1.71. The molecule has 4 heteroatoms. The van der Waals surface area contributed by atoms with Crippen molar-refractivity contribution in [2.45, 2.75) is 13.0 Å². The van der Waals surface area contributed by atoms with Gasteiger partial charge in [0.2, 0.25) is 0 Å². The zero-order valence-corrected chi connectivity index (χ0v) is 13.2. The molecule has 0 aliphatic rings. The second-order valence-electron chi connectivity index (χ2n) is 5.44. The van der Waals surface area contributed by atoms with Gasteiger partial charge in [-0.25, -0.2) is 0 Å². The molecule has 1 N–H and O–H groups in total. The maximum atomic E-state index is 12.3. The Kier molecular flexibility index (Phi) is 4.44. The molecule has 0 aliphatic carbocycles. The van der Waals surface area contributed by atoms with Gasteiger partial charge in [-0.05, 0) is 30.2 Å². The highest BCUT2D eigenvalue weighted by Crippen LogP contribution is 2.21. The standard InChI is InChI=1S/C19H19NO3/c1-13-7-3-5-9-15(13)18(22-2)12-20-19(21)17-11-14-8-4-6-10-16(14)23-17/h3-11,18H,12H2,1-2H3,(H,20,21). The molecule has 0 radical (unpaired) electrons. The molecular formula is C19H19NO3. The predicted molar refractivity (Wildman–Crippen MR) is 89.5 cm³/mol. The number of fused-ring (bicyclic) bond motifs is 1. The smallest absolute Gasteiger partial charge is 0.287 e. The third-order valence-electron chi connectivity index (χ3n) is 3.92. The minimum absolute atomic E-state index is 0.190. The molecule has 1 atom stereocenters. The number of hydrogen-bond donors (Lipinski definition) is 1. The number of benzene rings is 2. The van der Waals surface area contributed by atoms with Gasteiger partial charge in [-0.3, -0.25) is 4.79 Å². The van der Waals surface area contributed by atoms with Crippen molar-refractivity contribution in [3.8, 4) is 0 Å². The van der Waals surface area contributed by atoms with E-state index in [1.807, 2.05) is 55.5 Å². The summed E-state index contributed by atoms with van der Waals surface area (Å²) < 4.78 is 11.1. The van der Waals surface area contributed by atoms with E-state index in [1.54, 1.807) is 13.2 Å². The van der Waals surface area contributed by atoms with Crippen molar-refractivity contribution in [1.82, 2.24) is 5.32 Å². The number of furan rings is 1. The maximum absolute atomic E-state index is 12.3. The number of para-hydroxylation sites is 1. The minimum Gasteiger partial charge on any atom is -0.451 e. The van der Waals surface area contributed by atoms with E-state index in [-0.39, 0.29) is 12.0 Å². The van der Waals surface area contributed by atoms with E-state index < -0.39 is 0 Å². The Labute approximate surface area is 135 Å². The van der Waals surface area contributed by atoms with E-state index in [9.17, 15) is 4.79 Å². The van der Waals surface area contributed by atoms with Crippen LogP contribution in [-0.2, 0) is 4.74 Å². The molecule has 0 aliphatic heterocycles. The van der Waals surface area contributed by atoms with Crippen LogP contribution in [0.5, 0.6) is 0 Å². The topological polar surface area (TPSA) is 51.5 Å². The molecule has 1 aromatic heterocycles. The summed E-state index contributed by atoms with van der Waals surface area (Å²) in [5, 5.41) is 3.80. The Morgan fingerprint density at radius 1 is 1.17 bits per heavy atom. The molecule has 1 amide bonds. The third-order valence-corrected chi connectivity index (χ3v) is 3.92. The molecule has 1 heterocycles. The number of hydrogen-bond acceptors (Lipinski definition) is 3. The number of carbonyl (C=O) groups excluding carboxylic acids is 1. The van der Waals surface area contributed by atoms with Gasteiger partial charge in [0.05, 0.1) is 6.10 Å². The van der Waals surface area contributed by atoms with Gasteiger partial charge in [0.15, 0.2) is 5.76 Å². The normalized spacial score (nSPS) is 12.3. The van der Waals surface area contributed by atoms with Crippen LogP contribution >= 0.6 is 0 Å². The lowest BCUT2D eigenvalue weighted by Gasteiger charge is -2.18. The van der Waals surface area contributed by atoms with Crippen molar-refractivity contribution in [3.63, 3.8) is 0 Å². The van der Waals surface area contributed by atoms with Crippen LogP contribution in [0.15, 0.2) is 59.0 Å². The summed E-state index contributed by atoms with van der Waals surface area (Å²) in [5.41, 5.74) is 2.91. The van der Waals surface area contributed by atoms with Crippen LogP contribution in [0.1, 0.15) is 27.8 Å². The second kappa shape index (κ2) is 6.67. The number of amides is 1. The third kappa shape index (κ3) is 3.27. The first-order valence-electron chi connectivity index (χ1n) is 7.54. The van der Waals surface area contributed by atoms with Crippen LogP contribution in [0.4, 0.5) is 0 Å². The van der Waals surface area contributed by atoms with Crippen molar-refractivity contribution < 1.29 is 13.9 Å². The fourth-order valence-electron chi connectivity index (χ4n) is 2.63. The molecule has 118 valence electrons. The average Bonchev–Trinajstić information content (AvgIpc) is 3.01. The van der Waals surface area contributed by atoms with Gasteiger partial charge >= 0.3 is 0 Å². The average molecular weight is 309 g/mol. The Hall–Kier alpha value is -2.59. The van der Waals surface area contributed by atoms with E-state index >= 15 is 0 Å². The lowest BCUT2D eigenvalue weighted by Crippen LogP contribution is -2.29. The van der Waals surface area contributed by atoms with Crippen LogP contribution in [0.25, 0.3) is 11.0 Å². The van der Waals surface area contributed by atoms with Gasteiger partial charge in [-0.2, -0.15) is 0 Å². The lowest BCUT2D eigenvalue weighted by molar-refractivity contribution is 0.0807. The molecule has 0 spiro atoms. The van der Waals surface area contributed by atoms with Crippen LogP contribution in [0.3, 0.4) is 0 Å². The highest BCUT2D eigenvalue weighted by molar-refractivity contribution is 5.96. The van der Waals surface area contributed by atoms with Crippen LogP contribution in [0, 0.1) is 6.92 Å². The molecule has 23 heavy (non-hydrogen) atoms. The zero-order chi connectivity index (χ0) is 16.2. The lowest BCUT2D eigenvalue weighted by atomic mass is 10.0. The molecule has 4 nitrogen and oxygen atoms in total. The molecule has 0 saturated carbocycles. The Bertz CT molecular complexity index is 789. The summed E-state index contributed by atoms with van der Waals surface area (Å²) in [6.07, 6.45) is -0.190.